The molecule has 26 heavy (non-hydrogen) atoms. The van der Waals surface area contributed by atoms with E-state index in [-0.39, 0.29) is 24.0 Å². The Hall–Kier alpha value is -1.43. The number of guanidine groups is 1. The Morgan fingerprint density at radius 1 is 1.15 bits per heavy atom. The largest absolute Gasteiger partial charge is 0.435 e. The zero-order valence-electron chi connectivity index (χ0n) is 13.8. The molecule has 1 aliphatic rings. The average molecular weight is 497 g/mol. The first-order valence-electron chi connectivity index (χ1n) is 7.78. The lowest BCUT2D eigenvalue weighted by Gasteiger charge is -2.27. The number of aromatic nitrogens is 2. The van der Waals surface area contributed by atoms with E-state index in [0.29, 0.717) is 18.2 Å². The first kappa shape index (κ1) is 20.9. The van der Waals surface area contributed by atoms with Crippen LogP contribution in [0.2, 0.25) is 0 Å². The molecule has 0 aliphatic carbocycles. The Morgan fingerprint density at radius 2 is 1.81 bits per heavy atom. The molecule has 0 unspecified atom stereocenters. The first-order valence-corrected chi connectivity index (χ1v) is 8.94. The number of halogens is 4. The molecule has 0 saturated carbocycles. The number of nitrogens with two attached hydrogens (primary N) is 1. The van der Waals surface area contributed by atoms with Crippen molar-refractivity contribution in [2.75, 3.05) is 24.6 Å². The molecule has 142 valence electrons. The molecule has 0 spiro atoms. The van der Waals surface area contributed by atoms with Crippen LogP contribution >= 0.6 is 35.7 Å². The molecule has 1 fully saturated rings. The van der Waals surface area contributed by atoms with Crippen molar-refractivity contribution < 1.29 is 13.2 Å². The van der Waals surface area contributed by atoms with Crippen LogP contribution in [0.3, 0.4) is 0 Å². The normalized spacial score (nSPS) is 15.7. The van der Waals surface area contributed by atoms with Gasteiger partial charge in [-0.15, -0.1) is 24.0 Å². The van der Waals surface area contributed by atoms with Gasteiger partial charge in [0.15, 0.2) is 11.7 Å². The van der Waals surface area contributed by atoms with Gasteiger partial charge in [0.2, 0.25) is 0 Å². The lowest BCUT2D eigenvalue weighted by atomic mass is 10.2. The van der Waals surface area contributed by atoms with Gasteiger partial charge in [-0.25, -0.2) is 9.67 Å². The van der Waals surface area contributed by atoms with Gasteiger partial charge < -0.3 is 10.6 Å². The van der Waals surface area contributed by atoms with E-state index < -0.39 is 11.9 Å². The highest BCUT2D eigenvalue weighted by Crippen LogP contribution is 2.27. The number of hydrogen-bond donors (Lipinski definition) is 1. The van der Waals surface area contributed by atoms with Crippen LogP contribution in [-0.4, -0.2) is 45.2 Å². The third-order valence-corrected chi connectivity index (χ3v) is 4.78. The van der Waals surface area contributed by atoms with Crippen LogP contribution in [0, 0.1) is 0 Å². The van der Waals surface area contributed by atoms with Gasteiger partial charge in [-0.2, -0.15) is 30.0 Å². The van der Waals surface area contributed by atoms with E-state index in [1.165, 1.54) is 10.9 Å². The van der Waals surface area contributed by atoms with E-state index in [9.17, 15) is 13.2 Å². The molecule has 10 heteroatoms. The summed E-state index contributed by atoms with van der Waals surface area (Å²) < 4.78 is 39.0. The lowest BCUT2D eigenvalue weighted by molar-refractivity contribution is -0.141. The fourth-order valence-electron chi connectivity index (χ4n) is 2.44. The van der Waals surface area contributed by atoms with Crippen molar-refractivity contribution in [3.8, 4) is 5.69 Å². The minimum Gasteiger partial charge on any atom is -0.370 e. The molecule has 1 saturated heterocycles. The van der Waals surface area contributed by atoms with Crippen molar-refractivity contribution in [2.45, 2.75) is 12.7 Å². The quantitative estimate of drug-likeness (QED) is 0.402. The second-order valence-electron chi connectivity index (χ2n) is 5.58. The summed E-state index contributed by atoms with van der Waals surface area (Å²) in [6.07, 6.45) is -3.15. The number of aliphatic imine (C=N–C) groups is 1. The molecule has 1 aliphatic heterocycles. The van der Waals surface area contributed by atoms with Crippen LogP contribution in [0.5, 0.6) is 0 Å². The SMILES string of the molecule is I.NC(=NCc1ccc(-n2ccc(C(F)(F)F)n2)cc1)N1CCSCC1. The molecule has 0 atom stereocenters. The monoisotopic (exact) mass is 497 g/mol. The third-order valence-electron chi connectivity index (χ3n) is 3.84. The molecule has 0 radical (unpaired) electrons. The highest BCUT2D eigenvalue weighted by molar-refractivity contribution is 14.0. The molecule has 2 aromatic rings. The van der Waals surface area contributed by atoms with Crippen LogP contribution in [0.4, 0.5) is 13.2 Å². The summed E-state index contributed by atoms with van der Waals surface area (Å²) in [6, 6.07) is 8.01. The predicted molar refractivity (Wildman–Crippen MR) is 108 cm³/mol. The van der Waals surface area contributed by atoms with Crippen molar-refractivity contribution in [2.24, 2.45) is 10.7 Å². The molecule has 2 N–H and O–H groups in total. The van der Waals surface area contributed by atoms with Crippen LogP contribution in [0.1, 0.15) is 11.3 Å². The van der Waals surface area contributed by atoms with Gasteiger partial charge in [-0.1, -0.05) is 12.1 Å². The number of benzene rings is 1. The highest BCUT2D eigenvalue weighted by Gasteiger charge is 2.33. The fourth-order valence-corrected chi connectivity index (χ4v) is 3.34. The molecule has 0 amide bonds. The summed E-state index contributed by atoms with van der Waals surface area (Å²) in [7, 11) is 0. The average Bonchev–Trinajstić information content (AvgIpc) is 3.11. The van der Waals surface area contributed by atoms with Gasteiger partial charge >= 0.3 is 6.18 Å². The Morgan fingerprint density at radius 3 is 2.38 bits per heavy atom. The Balaban J connectivity index is 0.00000243. The van der Waals surface area contributed by atoms with E-state index >= 15 is 0 Å². The fraction of sp³-hybridized carbons (Fsp3) is 0.375. The topological polar surface area (TPSA) is 59.4 Å². The molecule has 5 nitrogen and oxygen atoms in total. The van der Waals surface area contributed by atoms with Crippen LogP contribution in [0.15, 0.2) is 41.5 Å². The summed E-state index contributed by atoms with van der Waals surface area (Å²) in [5.74, 6) is 2.63. The summed E-state index contributed by atoms with van der Waals surface area (Å²) in [4.78, 5) is 6.46. The van der Waals surface area contributed by atoms with Gasteiger partial charge in [-0.05, 0) is 23.8 Å². The van der Waals surface area contributed by atoms with E-state index in [1.807, 2.05) is 23.9 Å². The Kier molecular flexibility index (Phi) is 7.21. The summed E-state index contributed by atoms with van der Waals surface area (Å²) in [5, 5.41) is 3.55. The smallest absolute Gasteiger partial charge is 0.370 e. The van der Waals surface area contributed by atoms with Gasteiger partial charge in [0.1, 0.15) is 0 Å². The second-order valence-corrected chi connectivity index (χ2v) is 6.81. The van der Waals surface area contributed by atoms with Gasteiger partial charge in [-0.3, -0.25) is 0 Å². The minimum atomic E-state index is -4.44. The van der Waals surface area contributed by atoms with Crippen molar-refractivity contribution in [3.63, 3.8) is 0 Å². The molecular formula is C16H19F3IN5S. The van der Waals surface area contributed by atoms with Crippen LogP contribution < -0.4 is 5.73 Å². The zero-order chi connectivity index (χ0) is 17.9. The minimum absolute atomic E-state index is 0. The maximum atomic E-state index is 12.6. The van der Waals surface area contributed by atoms with Crippen molar-refractivity contribution >= 4 is 41.7 Å². The summed E-state index contributed by atoms with van der Waals surface area (Å²) >= 11 is 1.90. The second kappa shape index (κ2) is 8.98. The number of rotatable bonds is 3. The maximum absolute atomic E-state index is 12.6. The Bertz CT molecular complexity index is 739. The van der Waals surface area contributed by atoms with Crippen molar-refractivity contribution in [1.29, 1.82) is 0 Å². The first-order chi connectivity index (χ1) is 11.9. The van der Waals surface area contributed by atoms with E-state index in [4.69, 9.17) is 5.73 Å². The maximum Gasteiger partial charge on any atom is 0.435 e. The molecule has 0 bridgehead atoms. The number of nitrogens with zero attached hydrogens (tertiary/aromatic N) is 4. The van der Waals surface area contributed by atoms with Crippen molar-refractivity contribution in [1.82, 2.24) is 14.7 Å². The summed E-state index contributed by atoms with van der Waals surface area (Å²) in [6.45, 7) is 2.24. The van der Waals surface area contributed by atoms with Crippen LogP contribution in [0.25, 0.3) is 5.69 Å². The van der Waals surface area contributed by atoms with Crippen LogP contribution in [-0.2, 0) is 12.7 Å². The third kappa shape index (κ3) is 5.29. The zero-order valence-corrected chi connectivity index (χ0v) is 17.0. The molecular weight excluding hydrogens is 478 g/mol. The van der Waals surface area contributed by atoms with Gasteiger partial charge in [0.05, 0.1) is 12.2 Å². The molecule has 1 aromatic carbocycles. The predicted octanol–water partition coefficient (Wildman–Crippen LogP) is 3.37. The number of thioether (sulfide) groups is 1. The van der Waals surface area contributed by atoms with E-state index in [1.54, 1.807) is 12.1 Å². The molecule has 1 aromatic heterocycles. The Labute approximate surface area is 170 Å². The van der Waals surface area contributed by atoms with E-state index in [0.717, 1.165) is 36.2 Å². The number of alkyl halides is 3. The standard InChI is InChI=1S/C16H18F3N5S.HI/c17-16(18,19)14-5-6-24(22-14)13-3-1-12(2-4-13)11-21-15(20)23-7-9-25-10-8-23;/h1-6H,7-11H2,(H2,20,21);1H. The highest BCUT2D eigenvalue weighted by atomic mass is 127. The van der Waals surface area contributed by atoms with Gasteiger partial charge in [0.25, 0.3) is 0 Å². The lowest BCUT2D eigenvalue weighted by Crippen LogP contribution is -2.42. The summed E-state index contributed by atoms with van der Waals surface area (Å²) in [5.41, 5.74) is 6.59. The molecule has 2 heterocycles. The van der Waals surface area contributed by atoms with Crippen molar-refractivity contribution in [3.05, 3.63) is 47.8 Å². The molecule has 3 rings (SSSR count). The number of hydrogen-bond acceptors (Lipinski definition) is 3. The van der Waals surface area contributed by atoms with Gasteiger partial charge in [0, 0.05) is 30.8 Å². The van der Waals surface area contributed by atoms with E-state index in [2.05, 4.69) is 15.0 Å².